The third-order valence-electron chi connectivity index (χ3n) is 2.17. The number of hydrogen-bond donors (Lipinski definition) is 1. The van der Waals surface area contributed by atoms with Gasteiger partial charge in [-0.2, -0.15) is 0 Å². The minimum atomic E-state index is 0.464. The molecule has 0 fully saturated rings. The molecule has 0 unspecified atom stereocenters. The first kappa shape index (κ1) is 8.43. The van der Waals surface area contributed by atoms with Crippen molar-refractivity contribution in [1.29, 1.82) is 0 Å². The van der Waals surface area contributed by atoms with E-state index >= 15 is 0 Å². The average Bonchev–Trinajstić information content (AvgIpc) is 2.88. The van der Waals surface area contributed by atoms with Gasteiger partial charge >= 0.3 is 0 Å². The van der Waals surface area contributed by atoms with Gasteiger partial charge in [-0.15, -0.1) is 11.3 Å². The van der Waals surface area contributed by atoms with Gasteiger partial charge in [-0.3, -0.25) is 0 Å². The predicted octanol–water partition coefficient (Wildman–Crippen LogP) is 2.04. The van der Waals surface area contributed by atoms with E-state index < -0.39 is 0 Å². The summed E-state index contributed by atoms with van der Waals surface area (Å²) >= 11 is 1.64. The molecule has 0 saturated carbocycles. The number of nitrogens with two attached hydrogens (primary N) is 1. The summed E-state index contributed by atoms with van der Waals surface area (Å²) in [5, 5.41) is 2.02. The third-order valence-corrected chi connectivity index (χ3v) is 3.07. The van der Waals surface area contributed by atoms with E-state index in [1.54, 1.807) is 17.5 Å². The summed E-state index contributed by atoms with van der Waals surface area (Å²) in [5.74, 6) is 0.464. The maximum atomic E-state index is 5.82. The molecule has 0 aromatic carbocycles. The number of imidazole rings is 1. The van der Waals surface area contributed by atoms with Crippen molar-refractivity contribution < 1.29 is 0 Å². The van der Waals surface area contributed by atoms with E-state index in [4.69, 9.17) is 5.73 Å². The average molecular weight is 216 g/mol. The third kappa shape index (κ3) is 1.28. The largest absolute Gasteiger partial charge is 0.381 e. The van der Waals surface area contributed by atoms with E-state index in [-0.39, 0.29) is 0 Å². The molecule has 5 heteroatoms. The Morgan fingerprint density at radius 3 is 3.13 bits per heavy atom. The molecule has 0 radical (unpaired) electrons. The highest BCUT2D eigenvalue weighted by Crippen LogP contribution is 2.24. The van der Waals surface area contributed by atoms with Gasteiger partial charge in [0.15, 0.2) is 11.5 Å². The number of nitrogens with zero attached hydrogens (tertiary/aromatic N) is 3. The van der Waals surface area contributed by atoms with Crippen LogP contribution in [0.25, 0.3) is 16.2 Å². The molecule has 3 aromatic heterocycles. The van der Waals surface area contributed by atoms with Crippen LogP contribution in [0.1, 0.15) is 0 Å². The first-order chi connectivity index (χ1) is 7.34. The number of fused-ring (bicyclic) bond motifs is 1. The van der Waals surface area contributed by atoms with E-state index in [9.17, 15) is 0 Å². The lowest BCUT2D eigenvalue weighted by Gasteiger charge is -2.01. The topological polar surface area (TPSA) is 56.2 Å². The summed E-state index contributed by atoms with van der Waals surface area (Å²) < 4.78 is 1.89. The van der Waals surface area contributed by atoms with Crippen molar-refractivity contribution in [2.75, 3.05) is 5.73 Å². The minimum Gasteiger partial charge on any atom is -0.381 e. The molecule has 0 amide bonds. The normalized spacial score (nSPS) is 10.9. The van der Waals surface area contributed by atoms with Crippen molar-refractivity contribution in [2.45, 2.75) is 0 Å². The fraction of sp³-hybridized carbons (Fsp3) is 0. The Hall–Kier alpha value is -1.88. The number of anilines is 1. The van der Waals surface area contributed by atoms with Crippen molar-refractivity contribution in [3.05, 3.63) is 36.1 Å². The highest BCUT2D eigenvalue weighted by molar-refractivity contribution is 7.13. The van der Waals surface area contributed by atoms with Crippen LogP contribution in [-0.2, 0) is 0 Å². The molecule has 0 aliphatic heterocycles. The van der Waals surface area contributed by atoms with Crippen LogP contribution in [0.5, 0.6) is 0 Å². The predicted molar refractivity (Wildman–Crippen MR) is 60.7 cm³/mol. The molecule has 74 valence electrons. The first-order valence-electron chi connectivity index (χ1n) is 4.47. The van der Waals surface area contributed by atoms with Crippen LogP contribution in [0.2, 0.25) is 0 Å². The zero-order valence-corrected chi connectivity index (χ0v) is 8.61. The first-order valence-corrected chi connectivity index (χ1v) is 5.35. The summed E-state index contributed by atoms with van der Waals surface area (Å²) in [7, 11) is 0. The Balaban J connectivity index is 2.29. The molecule has 3 heterocycles. The smallest absolute Gasteiger partial charge is 0.179 e. The van der Waals surface area contributed by atoms with Crippen molar-refractivity contribution in [1.82, 2.24) is 14.4 Å². The molecule has 0 aliphatic carbocycles. The zero-order valence-electron chi connectivity index (χ0n) is 7.79. The molecule has 0 spiro atoms. The molecule has 3 aromatic rings. The van der Waals surface area contributed by atoms with Gasteiger partial charge in [0.1, 0.15) is 0 Å². The van der Waals surface area contributed by atoms with Crippen molar-refractivity contribution in [3.8, 4) is 10.6 Å². The monoisotopic (exact) mass is 216 g/mol. The molecule has 2 N–H and O–H groups in total. The molecule has 15 heavy (non-hydrogen) atoms. The van der Waals surface area contributed by atoms with Crippen LogP contribution >= 0.6 is 11.3 Å². The molecule has 0 atom stereocenters. The molecular weight excluding hydrogens is 208 g/mol. The Bertz CT molecular complexity index is 597. The second-order valence-electron chi connectivity index (χ2n) is 3.15. The van der Waals surface area contributed by atoms with Crippen LogP contribution < -0.4 is 5.73 Å². The van der Waals surface area contributed by atoms with E-state index in [0.29, 0.717) is 11.5 Å². The standard InChI is InChI=1S/C10H8N4S/c11-9-10-12-3-4-14(10)6-7(13-9)8-2-1-5-15-8/h1-6H,(H2,11,13). The highest BCUT2D eigenvalue weighted by atomic mass is 32.1. The fourth-order valence-corrected chi connectivity index (χ4v) is 2.18. The fourth-order valence-electron chi connectivity index (χ4n) is 1.50. The summed E-state index contributed by atoms with van der Waals surface area (Å²) in [5.41, 5.74) is 7.40. The van der Waals surface area contributed by atoms with Crippen LogP contribution in [0, 0.1) is 0 Å². The summed E-state index contributed by atoms with van der Waals surface area (Å²) in [4.78, 5) is 9.55. The molecule has 4 nitrogen and oxygen atoms in total. The molecule has 0 bridgehead atoms. The van der Waals surface area contributed by atoms with Crippen LogP contribution in [-0.4, -0.2) is 14.4 Å². The van der Waals surface area contributed by atoms with Gasteiger partial charge in [0.05, 0.1) is 10.6 Å². The Morgan fingerprint density at radius 2 is 2.33 bits per heavy atom. The molecular formula is C10H8N4S. The Labute approximate surface area is 90.0 Å². The zero-order chi connectivity index (χ0) is 10.3. The SMILES string of the molecule is Nc1nc(-c2cccs2)cn2ccnc12. The van der Waals surface area contributed by atoms with Crippen LogP contribution in [0.4, 0.5) is 5.82 Å². The van der Waals surface area contributed by atoms with Gasteiger partial charge in [-0.1, -0.05) is 6.07 Å². The number of aromatic nitrogens is 3. The van der Waals surface area contributed by atoms with Crippen LogP contribution in [0.3, 0.4) is 0 Å². The number of thiophene rings is 1. The van der Waals surface area contributed by atoms with Crippen molar-refractivity contribution in [3.63, 3.8) is 0 Å². The maximum Gasteiger partial charge on any atom is 0.179 e. The van der Waals surface area contributed by atoms with Gasteiger partial charge < -0.3 is 10.1 Å². The second kappa shape index (κ2) is 3.06. The minimum absolute atomic E-state index is 0.464. The molecule has 3 rings (SSSR count). The van der Waals surface area contributed by atoms with Gasteiger partial charge in [-0.25, -0.2) is 9.97 Å². The lowest BCUT2D eigenvalue weighted by Crippen LogP contribution is -1.97. The number of nitrogen functional groups attached to an aromatic ring is 1. The van der Waals surface area contributed by atoms with Crippen molar-refractivity contribution in [2.24, 2.45) is 0 Å². The lowest BCUT2D eigenvalue weighted by molar-refractivity contribution is 1.14. The van der Waals surface area contributed by atoms with Crippen LogP contribution in [0.15, 0.2) is 36.1 Å². The van der Waals surface area contributed by atoms with E-state index in [2.05, 4.69) is 9.97 Å². The van der Waals surface area contributed by atoms with Gasteiger partial charge in [-0.05, 0) is 11.4 Å². The van der Waals surface area contributed by atoms with Crippen molar-refractivity contribution >= 4 is 22.8 Å². The lowest BCUT2D eigenvalue weighted by atomic mass is 10.3. The molecule has 0 saturated heterocycles. The Kier molecular flexibility index (Phi) is 1.72. The van der Waals surface area contributed by atoms with E-state index in [0.717, 1.165) is 10.6 Å². The summed E-state index contributed by atoms with van der Waals surface area (Å²) in [6, 6.07) is 4.02. The maximum absolute atomic E-state index is 5.82. The number of hydrogen-bond acceptors (Lipinski definition) is 4. The summed E-state index contributed by atoms with van der Waals surface area (Å²) in [6.07, 6.45) is 5.51. The van der Waals surface area contributed by atoms with Gasteiger partial charge in [0.2, 0.25) is 0 Å². The van der Waals surface area contributed by atoms with Gasteiger partial charge in [0, 0.05) is 18.6 Å². The second-order valence-corrected chi connectivity index (χ2v) is 4.09. The quantitative estimate of drug-likeness (QED) is 0.677. The number of rotatable bonds is 1. The molecule has 0 aliphatic rings. The Morgan fingerprint density at radius 1 is 1.40 bits per heavy atom. The highest BCUT2D eigenvalue weighted by Gasteiger charge is 2.06. The summed E-state index contributed by atoms with van der Waals surface area (Å²) in [6.45, 7) is 0. The van der Waals surface area contributed by atoms with E-state index in [1.165, 1.54) is 0 Å². The van der Waals surface area contributed by atoms with Gasteiger partial charge in [0.25, 0.3) is 0 Å². The van der Waals surface area contributed by atoms with E-state index in [1.807, 2.05) is 34.3 Å².